The van der Waals surface area contributed by atoms with Gasteiger partial charge in [-0.05, 0) is 46.2 Å². The number of benzene rings is 1. The molecule has 0 aliphatic rings. The monoisotopic (exact) mass is 279 g/mol. The van der Waals surface area contributed by atoms with E-state index in [-0.39, 0.29) is 18.6 Å². The molecule has 0 saturated heterocycles. The molecule has 1 aromatic rings. The summed E-state index contributed by atoms with van der Waals surface area (Å²) in [7, 11) is 0. The summed E-state index contributed by atoms with van der Waals surface area (Å²) in [5.74, 6) is 0.649. The summed E-state index contributed by atoms with van der Waals surface area (Å²) < 4.78 is 5.69. The molecule has 0 radical (unpaired) electrons. The molecule has 112 valence electrons. The van der Waals surface area contributed by atoms with Crippen molar-refractivity contribution >= 4 is 5.91 Å². The number of aryl methyl sites for hydroxylation is 1. The average molecular weight is 279 g/mol. The van der Waals surface area contributed by atoms with Crippen molar-refractivity contribution in [3.05, 3.63) is 29.8 Å². The quantitative estimate of drug-likeness (QED) is 0.833. The van der Waals surface area contributed by atoms with E-state index >= 15 is 0 Å². The highest BCUT2D eigenvalue weighted by Gasteiger charge is 2.23. The van der Waals surface area contributed by atoms with Gasteiger partial charge in [0.25, 0.3) is 5.91 Å². The van der Waals surface area contributed by atoms with Gasteiger partial charge < -0.3 is 14.7 Å². The lowest BCUT2D eigenvalue weighted by Crippen LogP contribution is -2.45. The van der Waals surface area contributed by atoms with Crippen molar-refractivity contribution in [1.29, 1.82) is 0 Å². The van der Waals surface area contributed by atoms with Crippen LogP contribution in [-0.2, 0) is 4.79 Å². The lowest BCUT2D eigenvalue weighted by atomic mass is 10.2. The Kier molecular flexibility index (Phi) is 6.52. The van der Waals surface area contributed by atoms with Gasteiger partial charge in [0, 0.05) is 19.2 Å². The van der Waals surface area contributed by atoms with Gasteiger partial charge in [-0.2, -0.15) is 0 Å². The van der Waals surface area contributed by atoms with Crippen molar-refractivity contribution < 1.29 is 14.6 Å². The number of rotatable bonds is 7. The first-order valence-corrected chi connectivity index (χ1v) is 7.10. The smallest absolute Gasteiger partial charge is 0.263 e. The van der Waals surface area contributed by atoms with Gasteiger partial charge in [-0.25, -0.2) is 0 Å². The molecule has 0 aliphatic carbocycles. The summed E-state index contributed by atoms with van der Waals surface area (Å²) in [6.07, 6.45) is 0.0556. The summed E-state index contributed by atoms with van der Waals surface area (Å²) in [4.78, 5) is 14.1. The predicted molar refractivity (Wildman–Crippen MR) is 79.8 cm³/mol. The van der Waals surface area contributed by atoms with E-state index in [4.69, 9.17) is 9.84 Å². The summed E-state index contributed by atoms with van der Waals surface area (Å²) >= 11 is 0. The Morgan fingerprint density at radius 1 is 1.25 bits per heavy atom. The number of carbonyl (C=O) groups is 1. The van der Waals surface area contributed by atoms with Crippen LogP contribution in [0.1, 0.15) is 32.8 Å². The molecule has 1 rings (SSSR count). The van der Waals surface area contributed by atoms with E-state index < -0.39 is 6.10 Å². The lowest BCUT2D eigenvalue weighted by Gasteiger charge is -2.29. The minimum atomic E-state index is -0.529. The van der Waals surface area contributed by atoms with Crippen LogP contribution in [-0.4, -0.2) is 41.2 Å². The molecular weight excluding hydrogens is 254 g/mol. The molecule has 1 atom stereocenters. The van der Waals surface area contributed by atoms with E-state index in [1.54, 1.807) is 11.8 Å². The van der Waals surface area contributed by atoms with Gasteiger partial charge >= 0.3 is 0 Å². The van der Waals surface area contributed by atoms with E-state index in [0.29, 0.717) is 18.7 Å². The van der Waals surface area contributed by atoms with Gasteiger partial charge in [-0.15, -0.1) is 0 Å². The predicted octanol–water partition coefficient (Wildman–Crippen LogP) is 2.38. The van der Waals surface area contributed by atoms with Gasteiger partial charge in [-0.3, -0.25) is 4.79 Å². The van der Waals surface area contributed by atoms with Gasteiger partial charge in [0.15, 0.2) is 6.10 Å². The Bertz CT molecular complexity index is 414. The topological polar surface area (TPSA) is 49.8 Å². The van der Waals surface area contributed by atoms with E-state index in [9.17, 15) is 4.79 Å². The van der Waals surface area contributed by atoms with Crippen LogP contribution in [0.25, 0.3) is 0 Å². The average Bonchev–Trinajstić information content (AvgIpc) is 2.41. The molecule has 4 heteroatoms. The molecule has 0 aromatic heterocycles. The van der Waals surface area contributed by atoms with Crippen LogP contribution in [0.4, 0.5) is 0 Å². The highest BCUT2D eigenvalue weighted by Crippen LogP contribution is 2.15. The van der Waals surface area contributed by atoms with Crippen LogP contribution >= 0.6 is 0 Å². The molecule has 20 heavy (non-hydrogen) atoms. The number of nitrogens with zero attached hydrogens (tertiary/aromatic N) is 1. The van der Waals surface area contributed by atoms with Crippen molar-refractivity contribution in [1.82, 2.24) is 4.90 Å². The zero-order valence-corrected chi connectivity index (χ0v) is 12.8. The molecule has 0 fully saturated rings. The van der Waals surface area contributed by atoms with Crippen LogP contribution < -0.4 is 4.74 Å². The minimum absolute atomic E-state index is 0.0472. The Balaban J connectivity index is 2.66. The van der Waals surface area contributed by atoms with E-state index in [0.717, 1.165) is 5.56 Å². The van der Waals surface area contributed by atoms with Crippen LogP contribution in [0.2, 0.25) is 0 Å². The second-order valence-corrected chi connectivity index (χ2v) is 5.28. The third-order valence-corrected chi connectivity index (χ3v) is 3.15. The maximum absolute atomic E-state index is 12.4. The standard InChI is InChI=1S/C16H25NO3/c1-12(2)17(10-5-11-18)16(19)14(4)20-15-8-6-13(3)7-9-15/h6-9,12,14,18H,5,10-11H2,1-4H3. The Hall–Kier alpha value is -1.55. The fourth-order valence-electron chi connectivity index (χ4n) is 1.97. The van der Waals surface area contributed by atoms with E-state index in [1.165, 1.54) is 0 Å². The molecule has 1 amide bonds. The highest BCUT2D eigenvalue weighted by atomic mass is 16.5. The Morgan fingerprint density at radius 3 is 2.35 bits per heavy atom. The molecule has 4 nitrogen and oxygen atoms in total. The summed E-state index contributed by atoms with van der Waals surface area (Å²) in [6.45, 7) is 8.34. The zero-order chi connectivity index (χ0) is 15.1. The van der Waals surface area contributed by atoms with E-state index in [2.05, 4.69) is 0 Å². The maximum atomic E-state index is 12.4. The lowest BCUT2D eigenvalue weighted by molar-refractivity contribution is -0.139. The number of aliphatic hydroxyl groups excluding tert-OH is 1. The molecule has 0 aliphatic heterocycles. The van der Waals surface area contributed by atoms with Gasteiger partial charge in [-0.1, -0.05) is 17.7 Å². The second kappa shape index (κ2) is 7.90. The molecule has 1 unspecified atom stereocenters. The van der Waals surface area contributed by atoms with E-state index in [1.807, 2.05) is 45.0 Å². The van der Waals surface area contributed by atoms with Crippen LogP contribution in [0.3, 0.4) is 0 Å². The first-order valence-electron chi connectivity index (χ1n) is 7.10. The number of amides is 1. The fraction of sp³-hybridized carbons (Fsp3) is 0.562. The largest absolute Gasteiger partial charge is 0.481 e. The molecule has 1 N–H and O–H groups in total. The SMILES string of the molecule is Cc1ccc(OC(C)C(=O)N(CCCO)C(C)C)cc1. The molecule has 0 bridgehead atoms. The normalized spacial score (nSPS) is 12.3. The molecule has 0 saturated carbocycles. The minimum Gasteiger partial charge on any atom is -0.481 e. The molecule has 0 spiro atoms. The van der Waals surface area contributed by atoms with Crippen molar-refractivity contribution in [3.8, 4) is 5.75 Å². The summed E-state index contributed by atoms with van der Waals surface area (Å²) in [5.41, 5.74) is 1.16. The Labute approximate surface area is 121 Å². The third kappa shape index (κ3) is 4.85. The molecule has 0 heterocycles. The fourth-order valence-corrected chi connectivity index (χ4v) is 1.97. The van der Waals surface area contributed by atoms with Gasteiger partial charge in [0.2, 0.25) is 0 Å². The maximum Gasteiger partial charge on any atom is 0.263 e. The summed E-state index contributed by atoms with van der Waals surface area (Å²) in [6, 6.07) is 7.74. The number of ether oxygens (including phenoxy) is 1. The zero-order valence-electron chi connectivity index (χ0n) is 12.8. The van der Waals surface area contributed by atoms with Crippen LogP contribution in [0, 0.1) is 6.92 Å². The second-order valence-electron chi connectivity index (χ2n) is 5.28. The van der Waals surface area contributed by atoms with Gasteiger partial charge in [0.05, 0.1) is 0 Å². The molecule has 1 aromatic carbocycles. The van der Waals surface area contributed by atoms with Crippen molar-refractivity contribution in [3.63, 3.8) is 0 Å². The number of hydrogen-bond donors (Lipinski definition) is 1. The van der Waals surface area contributed by atoms with Crippen molar-refractivity contribution in [2.45, 2.75) is 46.3 Å². The number of aliphatic hydroxyl groups is 1. The number of hydrogen-bond acceptors (Lipinski definition) is 3. The number of carbonyl (C=O) groups excluding carboxylic acids is 1. The van der Waals surface area contributed by atoms with Crippen molar-refractivity contribution in [2.24, 2.45) is 0 Å². The summed E-state index contributed by atoms with van der Waals surface area (Å²) in [5, 5.41) is 8.91. The highest BCUT2D eigenvalue weighted by molar-refractivity contribution is 5.81. The third-order valence-electron chi connectivity index (χ3n) is 3.15. The van der Waals surface area contributed by atoms with Crippen LogP contribution in [0.15, 0.2) is 24.3 Å². The van der Waals surface area contributed by atoms with Gasteiger partial charge in [0.1, 0.15) is 5.75 Å². The first kappa shape index (κ1) is 16.5. The first-order chi connectivity index (χ1) is 9.45. The van der Waals surface area contributed by atoms with Crippen LogP contribution in [0.5, 0.6) is 5.75 Å². The van der Waals surface area contributed by atoms with Crippen molar-refractivity contribution in [2.75, 3.05) is 13.2 Å². The Morgan fingerprint density at radius 2 is 1.85 bits per heavy atom. The molecular formula is C16H25NO3.